The third-order valence-corrected chi connectivity index (χ3v) is 7.03. The van der Waals surface area contributed by atoms with E-state index in [9.17, 15) is 14.4 Å². The Labute approximate surface area is 179 Å². The summed E-state index contributed by atoms with van der Waals surface area (Å²) >= 11 is 0. The Hall–Kier alpha value is -2.97. The number of carbonyl (C=O) groups is 3. The quantitative estimate of drug-likeness (QED) is 0.687. The number of amides is 2. The van der Waals surface area contributed by atoms with Gasteiger partial charge in [-0.05, 0) is 44.6 Å². The minimum atomic E-state index is -0.351. The average molecular weight is 426 g/mol. The smallest absolute Gasteiger partial charge is 0.310 e. The van der Waals surface area contributed by atoms with E-state index >= 15 is 0 Å². The minimum Gasteiger partial charge on any atom is -0.469 e. The molecule has 5 rings (SSSR count). The van der Waals surface area contributed by atoms with Crippen molar-refractivity contribution >= 4 is 28.9 Å². The topological polar surface area (TPSA) is 106 Å². The van der Waals surface area contributed by atoms with E-state index < -0.39 is 0 Å². The van der Waals surface area contributed by atoms with Gasteiger partial charge in [-0.25, -0.2) is 4.98 Å². The number of hydrogen-bond donors (Lipinski definition) is 0. The number of aryl methyl sites for hydroxylation is 2. The molecule has 4 heterocycles. The number of esters is 1. The standard InChI is InChI=1S/C22H26N4O5/c1-4-16-14(22(29)30-3)8-12-9-25(10-17(27)26(12)16)21(28)19-13-6-5-7-15(13)23-20-18(19)11(2)24-31-20/h12,14,16H,4-10H2,1-3H3/t12-,14-,16-/m0/s1. The number of nitrogens with zero attached hydrogens (tertiary/aromatic N) is 4. The SMILES string of the molecule is CC[C@H]1[C@@H](C(=O)OC)C[C@H]2CN(C(=O)c3c4c(nc5onc(C)c35)CCC4)CC(=O)N21. The van der Waals surface area contributed by atoms with Gasteiger partial charge in [-0.2, -0.15) is 0 Å². The molecule has 0 radical (unpaired) electrons. The molecule has 2 aromatic rings. The molecule has 2 fully saturated rings. The summed E-state index contributed by atoms with van der Waals surface area (Å²) < 4.78 is 10.3. The van der Waals surface area contributed by atoms with Crippen LogP contribution in [0.5, 0.6) is 0 Å². The normalized spacial score (nSPS) is 25.1. The largest absolute Gasteiger partial charge is 0.469 e. The molecule has 2 amide bonds. The highest BCUT2D eigenvalue weighted by Gasteiger charge is 2.50. The first-order valence-corrected chi connectivity index (χ1v) is 10.9. The molecule has 2 aromatic heterocycles. The lowest BCUT2D eigenvalue weighted by molar-refractivity contribution is -0.147. The van der Waals surface area contributed by atoms with Gasteiger partial charge in [-0.15, -0.1) is 0 Å². The average Bonchev–Trinajstić information content (AvgIpc) is 3.48. The lowest BCUT2D eigenvalue weighted by Gasteiger charge is -2.40. The van der Waals surface area contributed by atoms with Gasteiger partial charge < -0.3 is 19.1 Å². The third-order valence-electron chi connectivity index (χ3n) is 7.03. The molecule has 0 aromatic carbocycles. The summed E-state index contributed by atoms with van der Waals surface area (Å²) in [5.41, 5.74) is 3.41. The number of carbonyl (C=O) groups excluding carboxylic acids is 3. The molecule has 3 atom stereocenters. The number of aromatic nitrogens is 2. The first-order chi connectivity index (χ1) is 14.9. The maximum absolute atomic E-state index is 13.7. The number of hydrogen-bond acceptors (Lipinski definition) is 7. The summed E-state index contributed by atoms with van der Waals surface area (Å²) in [5, 5.41) is 4.66. The molecule has 164 valence electrons. The molecule has 1 aliphatic carbocycles. The summed E-state index contributed by atoms with van der Waals surface area (Å²) in [5.74, 6) is -0.942. The van der Waals surface area contributed by atoms with Crippen LogP contribution in [0.3, 0.4) is 0 Å². The number of fused-ring (bicyclic) bond motifs is 3. The van der Waals surface area contributed by atoms with Crippen molar-refractivity contribution in [2.75, 3.05) is 20.2 Å². The van der Waals surface area contributed by atoms with E-state index in [2.05, 4.69) is 10.1 Å². The molecular weight excluding hydrogens is 400 g/mol. The Balaban J connectivity index is 1.50. The maximum atomic E-state index is 13.7. The number of pyridine rings is 1. The van der Waals surface area contributed by atoms with Crippen LogP contribution in [0, 0.1) is 12.8 Å². The molecule has 0 unspecified atom stereocenters. The second-order valence-electron chi connectivity index (χ2n) is 8.70. The number of ether oxygens (including phenoxy) is 1. The zero-order valence-electron chi connectivity index (χ0n) is 18.0. The summed E-state index contributed by atoms with van der Waals surface area (Å²) in [4.78, 5) is 47.1. The molecule has 0 bridgehead atoms. The molecule has 2 saturated heterocycles. The highest BCUT2D eigenvalue weighted by atomic mass is 16.5. The summed E-state index contributed by atoms with van der Waals surface area (Å²) in [6.07, 6.45) is 3.71. The Bertz CT molecular complexity index is 1090. The maximum Gasteiger partial charge on any atom is 0.310 e. The lowest BCUT2D eigenvalue weighted by Crippen LogP contribution is -2.57. The van der Waals surface area contributed by atoms with Crippen molar-refractivity contribution in [1.82, 2.24) is 19.9 Å². The van der Waals surface area contributed by atoms with Gasteiger partial charge in [0.2, 0.25) is 5.91 Å². The molecule has 0 saturated carbocycles. The van der Waals surface area contributed by atoms with E-state index in [-0.39, 0.29) is 42.3 Å². The predicted octanol–water partition coefficient (Wildman–Crippen LogP) is 1.64. The Kier molecular flexibility index (Phi) is 4.71. The predicted molar refractivity (Wildman–Crippen MR) is 109 cm³/mol. The monoisotopic (exact) mass is 426 g/mol. The fourth-order valence-corrected chi connectivity index (χ4v) is 5.69. The molecule has 0 N–H and O–H groups in total. The van der Waals surface area contributed by atoms with E-state index in [0.29, 0.717) is 41.7 Å². The van der Waals surface area contributed by atoms with Crippen LogP contribution >= 0.6 is 0 Å². The fourth-order valence-electron chi connectivity index (χ4n) is 5.69. The van der Waals surface area contributed by atoms with Crippen LogP contribution in [-0.4, -0.2) is 70.0 Å². The number of methoxy groups -OCH3 is 1. The van der Waals surface area contributed by atoms with Gasteiger partial charge in [0.25, 0.3) is 11.6 Å². The van der Waals surface area contributed by atoms with Crippen molar-refractivity contribution in [2.45, 2.75) is 58.0 Å². The van der Waals surface area contributed by atoms with Crippen molar-refractivity contribution in [1.29, 1.82) is 0 Å². The van der Waals surface area contributed by atoms with Crippen LogP contribution in [0.4, 0.5) is 0 Å². The molecule has 31 heavy (non-hydrogen) atoms. The summed E-state index contributed by atoms with van der Waals surface area (Å²) in [6.45, 7) is 4.18. The number of piperazine rings is 1. The van der Waals surface area contributed by atoms with Crippen molar-refractivity contribution in [2.24, 2.45) is 5.92 Å². The van der Waals surface area contributed by atoms with Crippen molar-refractivity contribution in [3.63, 3.8) is 0 Å². The van der Waals surface area contributed by atoms with Gasteiger partial charge >= 0.3 is 5.97 Å². The first kappa shape index (κ1) is 20.0. The number of rotatable bonds is 3. The van der Waals surface area contributed by atoms with Crippen LogP contribution in [0.2, 0.25) is 0 Å². The van der Waals surface area contributed by atoms with Gasteiger partial charge in [0, 0.05) is 18.3 Å². The second-order valence-corrected chi connectivity index (χ2v) is 8.70. The van der Waals surface area contributed by atoms with E-state index in [1.54, 1.807) is 11.8 Å². The van der Waals surface area contributed by atoms with Crippen LogP contribution in [-0.2, 0) is 27.2 Å². The fraction of sp³-hybridized carbons (Fsp3) is 0.591. The van der Waals surface area contributed by atoms with Gasteiger partial charge in [0.05, 0.1) is 35.7 Å². The van der Waals surface area contributed by atoms with Crippen molar-refractivity contribution in [3.05, 3.63) is 22.5 Å². The van der Waals surface area contributed by atoms with Gasteiger partial charge in [0.1, 0.15) is 6.54 Å². The highest BCUT2D eigenvalue weighted by molar-refractivity contribution is 6.08. The molecule has 2 aliphatic heterocycles. The second kappa shape index (κ2) is 7.32. The van der Waals surface area contributed by atoms with Gasteiger partial charge in [0.15, 0.2) is 0 Å². The lowest BCUT2D eigenvalue weighted by atomic mass is 9.97. The van der Waals surface area contributed by atoms with E-state index in [1.165, 1.54) is 7.11 Å². The molecule has 3 aliphatic rings. The van der Waals surface area contributed by atoms with Crippen LogP contribution in [0.25, 0.3) is 11.1 Å². The Morgan fingerprint density at radius 3 is 2.84 bits per heavy atom. The zero-order chi connectivity index (χ0) is 21.9. The molecule has 0 spiro atoms. The summed E-state index contributed by atoms with van der Waals surface area (Å²) in [7, 11) is 1.38. The van der Waals surface area contributed by atoms with Crippen LogP contribution in [0.1, 0.15) is 53.5 Å². The van der Waals surface area contributed by atoms with E-state index in [1.807, 2.05) is 11.8 Å². The van der Waals surface area contributed by atoms with E-state index in [0.717, 1.165) is 30.5 Å². The van der Waals surface area contributed by atoms with E-state index in [4.69, 9.17) is 9.26 Å². The van der Waals surface area contributed by atoms with Crippen molar-refractivity contribution < 1.29 is 23.6 Å². The molecular formula is C22H26N4O5. The minimum absolute atomic E-state index is 0.00262. The van der Waals surface area contributed by atoms with Gasteiger partial charge in [-0.1, -0.05) is 12.1 Å². The summed E-state index contributed by atoms with van der Waals surface area (Å²) in [6, 6.07) is -0.368. The Morgan fingerprint density at radius 2 is 2.10 bits per heavy atom. The van der Waals surface area contributed by atoms with Crippen LogP contribution < -0.4 is 0 Å². The molecule has 9 nitrogen and oxygen atoms in total. The third kappa shape index (κ3) is 2.93. The van der Waals surface area contributed by atoms with Crippen molar-refractivity contribution in [3.8, 4) is 0 Å². The highest BCUT2D eigenvalue weighted by Crippen LogP contribution is 2.37. The molecule has 9 heteroatoms. The van der Waals surface area contributed by atoms with Crippen LogP contribution in [0.15, 0.2) is 4.52 Å². The van der Waals surface area contributed by atoms with Gasteiger partial charge in [-0.3, -0.25) is 14.4 Å². The zero-order valence-corrected chi connectivity index (χ0v) is 18.0. The first-order valence-electron chi connectivity index (χ1n) is 10.9. The Morgan fingerprint density at radius 1 is 1.29 bits per heavy atom.